The molecule has 0 bridgehead atoms. The summed E-state index contributed by atoms with van der Waals surface area (Å²) in [6.07, 6.45) is 0.706. The first-order valence-corrected chi connectivity index (χ1v) is 8.14. The third-order valence-electron chi connectivity index (χ3n) is 3.38. The summed E-state index contributed by atoms with van der Waals surface area (Å²) >= 11 is 1.50. The summed E-state index contributed by atoms with van der Waals surface area (Å²) in [5, 5.41) is 9.92. The molecule has 0 aromatic carbocycles. The zero-order valence-corrected chi connectivity index (χ0v) is 13.3. The molecule has 0 amide bonds. The van der Waals surface area contributed by atoms with Gasteiger partial charge in [0.05, 0.1) is 18.9 Å². The largest absolute Gasteiger partial charge is 0.478 e. The maximum Gasteiger partial charge on any atom is 0.340 e. The Bertz CT molecular complexity index is 504. The highest BCUT2D eigenvalue weighted by Gasteiger charge is 2.18. The van der Waals surface area contributed by atoms with E-state index in [-0.39, 0.29) is 5.56 Å². The quantitative estimate of drug-likeness (QED) is 0.630. The zero-order chi connectivity index (χ0) is 15.2. The third-order valence-corrected chi connectivity index (χ3v) is 4.34. The van der Waals surface area contributed by atoms with Gasteiger partial charge >= 0.3 is 5.97 Å². The molecule has 1 aromatic heterocycles. The molecule has 1 saturated heterocycles. The number of ether oxygens (including phenoxy) is 1. The highest BCUT2D eigenvalue weighted by molar-refractivity contribution is 7.99. The molecule has 116 valence electrons. The summed E-state index contributed by atoms with van der Waals surface area (Å²) in [6, 6.07) is 0. The van der Waals surface area contributed by atoms with Crippen LogP contribution in [0, 0.1) is 6.92 Å². The summed E-state index contributed by atoms with van der Waals surface area (Å²) in [5.74, 6) is 0.565. The van der Waals surface area contributed by atoms with E-state index >= 15 is 0 Å². The van der Waals surface area contributed by atoms with Crippen LogP contribution in [0.4, 0.5) is 0 Å². The number of nitrogens with zero attached hydrogens (tertiary/aromatic N) is 3. The Morgan fingerprint density at radius 3 is 2.71 bits per heavy atom. The van der Waals surface area contributed by atoms with Crippen LogP contribution in [0.1, 0.15) is 28.8 Å². The summed E-state index contributed by atoms with van der Waals surface area (Å²) in [6.45, 7) is 8.05. The van der Waals surface area contributed by atoms with Crippen LogP contribution in [-0.2, 0) is 11.2 Å². The Morgan fingerprint density at radius 1 is 1.38 bits per heavy atom. The van der Waals surface area contributed by atoms with E-state index in [2.05, 4.69) is 14.9 Å². The number of morpholine rings is 1. The van der Waals surface area contributed by atoms with Crippen molar-refractivity contribution in [2.45, 2.75) is 25.3 Å². The predicted molar refractivity (Wildman–Crippen MR) is 81.1 cm³/mol. The molecule has 0 saturated carbocycles. The van der Waals surface area contributed by atoms with Crippen LogP contribution in [0.3, 0.4) is 0 Å². The van der Waals surface area contributed by atoms with Gasteiger partial charge in [-0.1, -0.05) is 6.92 Å². The van der Waals surface area contributed by atoms with Crippen molar-refractivity contribution in [3.8, 4) is 0 Å². The maximum atomic E-state index is 11.4. The smallest absolute Gasteiger partial charge is 0.340 e. The second-order valence-electron chi connectivity index (χ2n) is 4.87. The summed E-state index contributed by atoms with van der Waals surface area (Å²) in [5.41, 5.74) is 0.780. The lowest BCUT2D eigenvalue weighted by Gasteiger charge is -2.26. The molecule has 7 heteroatoms. The Morgan fingerprint density at radius 2 is 2.10 bits per heavy atom. The molecule has 21 heavy (non-hydrogen) atoms. The van der Waals surface area contributed by atoms with Crippen molar-refractivity contribution in [2.24, 2.45) is 0 Å². The molecule has 2 rings (SSSR count). The number of thioether (sulfide) groups is 1. The second kappa shape index (κ2) is 7.72. The summed E-state index contributed by atoms with van der Waals surface area (Å²) in [7, 11) is 0. The monoisotopic (exact) mass is 311 g/mol. The number of hydrogen-bond acceptors (Lipinski definition) is 6. The fourth-order valence-electron chi connectivity index (χ4n) is 2.21. The number of carboxylic acids is 1. The first kappa shape index (κ1) is 16.2. The lowest BCUT2D eigenvalue weighted by Crippen LogP contribution is -2.37. The minimum Gasteiger partial charge on any atom is -0.478 e. The molecular weight excluding hydrogens is 290 g/mol. The number of carboxylic acid groups (broad SMARTS) is 1. The number of carbonyl (C=O) groups is 1. The van der Waals surface area contributed by atoms with Crippen molar-refractivity contribution >= 4 is 17.7 Å². The van der Waals surface area contributed by atoms with Crippen LogP contribution in [0.2, 0.25) is 0 Å². The van der Waals surface area contributed by atoms with Crippen LogP contribution in [0.5, 0.6) is 0 Å². The van der Waals surface area contributed by atoms with Crippen LogP contribution < -0.4 is 0 Å². The van der Waals surface area contributed by atoms with Gasteiger partial charge in [0.1, 0.15) is 16.4 Å². The van der Waals surface area contributed by atoms with E-state index in [9.17, 15) is 9.90 Å². The Balaban J connectivity index is 2.03. The molecular formula is C14H21N3O3S. The van der Waals surface area contributed by atoms with E-state index in [1.165, 1.54) is 11.8 Å². The summed E-state index contributed by atoms with van der Waals surface area (Å²) < 4.78 is 5.31. The van der Waals surface area contributed by atoms with Crippen molar-refractivity contribution in [3.63, 3.8) is 0 Å². The van der Waals surface area contributed by atoms with Gasteiger partial charge in [-0.25, -0.2) is 14.8 Å². The number of aromatic carboxylic acids is 1. The highest BCUT2D eigenvalue weighted by atomic mass is 32.2. The van der Waals surface area contributed by atoms with Crippen LogP contribution >= 0.6 is 11.8 Å². The highest BCUT2D eigenvalue weighted by Crippen LogP contribution is 2.23. The van der Waals surface area contributed by atoms with Crippen molar-refractivity contribution in [1.82, 2.24) is 14.9 Å². The number of aryl methyl sites for hydroxylation is 2. The van der Waals surface area contributed by atoms with Gasteiger partial charge in [-0.05, 0) is 6.92 Å². The molecule has 1 aromatic rings. The van der Waals surface area contributed by atoms with Gasteiger partial charge in [-0.2, -0.15) is 0 Å². The van der Waals surface area contributed by atoms with Gasteiger partial charge in [-0.15, -0.1) is 11.8 Å². The Kier molecular flexibility index (Phi) is 5.96. The molecule has 1 N–H and O–H groups in total. The third kappa shape index (κ3) is 4.39. The number of rotatable bonds is 6. The SMILES string of the molecule is CCc1nc(C)c(C(=O)O)c(SCCN2CCOCC2)n1. The van der Waals surface area contributed by atoms with E-state index in [0.29, 0.717) is 23.0 Å². The molecule has 0 radical (unpaired) electrons. The first-order chi connectivity index (χ1) is 10.1. The average Bonchev–Trinajstić information content (AvgIpc) is 2.47. The van der Waals surface area contributed by atoms with E-state index in [1.807, 2.05) is 6.92 Å². The van der Waals surface area contributed by atoms with Crippen LogP contribution in [0.15, 0.2) is 5.03 Å². The predicted octanol–water partition coefficient (Wildman–Crippen LogP) is 1.47. The van der Waals surface area contributed by atoms with E-state index in [4.69, 9.17) is 4.74 Å². The van der Waals surface area contributed by atoms with E-state index in [0.717, 1.165) is 38.6 Å². The molecule has 1 aliphatic heterocycles. The maximum absolute atomic E-state index is 11.4. The molecule has 0 aliphatic carbocycles. The lowest BCUT2D eigenvalue weighted by molar-refractivity contribution is 0.0410. The van der Waals surface area contributed by atoms with Gasteiger partial charge in [0.15, 0.2) is 0 Å². The van der Waals surface area contributed by atoms with Gasteiger partial charge in [0.2, 0.25) is 0 Å². The molecule has 1 fully saturated rings. The van der Waals surface area contributed by atoms with Crippen LogP contribution in [-0.4, -0.2) is 64.5 Å². The molecule has 2 heterocycles. The van der Waals surface area contributed by atoms with Crippen molar-refractivity contribution < 1.29 is 14.6 Å². The minimum atomic E-state index is -0.955. The van der Waals surface area contributed by atoms with Gasteiger partial charge < -0.3 is 9.84 Å². The normalized spacial score (nSPS) is 16.1. The molecule has 1 aliphatic rings. The fraction of sp³-hybridized carbons (Fsp3) is 0.643. The van der Waals surface area contributed by atoms with E-state index < -0.39 is 5.97 Å². The molecule has 0 spiro atoms. The Labute approximate surface area is 128 Å². The van der Waals surface area contributed by atoms with Crippen molar-refractivity contribution in [2.75, 3.05) is 38.6 Å². The summed E-state index contributed by atoms with van der Waals surface area (Å²) in [4.78, 5) is 22.3. The van der Waals surface area contributed by atoms with Gasteiger partial charge in [-0.3, -0.25) is 4.90 Å². The second-order valence-corrected chi connectivity index (χ2v) is 5.95. The van der Waals surface area contributed by atoms with E-state index in [1.54, 1.807) is 6.92 Å². The topological polar surface area (TPSA) is 75.5 Å². The first-order valence-electron chi connectivity index (χ1n) is 7.15. The lowest BCUT2D eigenvalue weighted by atomic mass is 10.2. The van der Waals surface area contributed by atoms with Crippen molar-refractivity contribution in [3.05, 3.63) is 17.1 Å². The number of aromatic nitrogens is 2. The van der Waals surface area contributed by atoms with Gasteiger partial charge in [0, 0.05) is 31.8 Å². The fourth-order valence-corrected chi connectivity index (χ4v) is 3.30. The number of hydrogen-bond donors (Lipinski definition) is 1. The molecule has 0 unspecified atom stereocenters. The average molecular weight is 311 g/mol. The Hall–Kier alpha value is -1.18. The minimum absolute atomic E-state index is 0.235. The van der Waals surface area contributed by atoms with Crippen LogP contribution in [0.25, 0.3) is 0 Å². The zero-order valence-electron chi connectivity index (χ0n) is 12.5. The van der Waals surface area contributed by atoms with Gasteiger partial charge in [0.25, 0.3) is 0 Å². The van der Waals surface area contributed by atoms with Crippen molar-refractivity contribution in [1.29, 1.82) is 0 Å². The molecule has 0 atom stereocenters. The standard InChI is InChI=1S/C14H21N3O3S/c1-3-11-15-10(2)12(14(18)19)13(16-11)21-9-6-17-4-7-20-8-5-17/h3-9H2,1-2H3,(H,18,19). The molecule has 6 nitrogen and oxygen atoms in total.